The molecule has 0 unspecified atom stereocenters. The van der Waals surface area contributed by atoms with E-state index < -0.39 is 6.43 Å². The number of alkyl halides is 2. The van der Waals surface area contributed by atoms with Crippen LogP contribution in [-0.2, 0) is 0 Å². The van der Waals surface area contributed by atoms with Gasteiger partial charge < -0.3 is 0 Å². The second-order valence-corrected chi connectivity index (χ2v) is 2.07. The van der Waals surface area contributed by atoms with Gasteiger partial charge in [-0.25, -0.2) is 8.78 Å². The van der Waals surface area contributed by atoms with Gasteiger partial charge in [-0.1, -0.05) is 11.6 Å². The SMILES string of the molecule is FC(F)c1cn[c]c(Cl)c1. The number of nitrogens with zero attached hydrogens (tertiary/aromatic N) is 1. The van der Waals surface area contributed by atoms with Crippen molar-refractivity contribution in [1.29, 1.82) is 0 Å². The summed E-state index contributed by atoms with van der Waals surface area (Å²) >= 11 is 5.34. The molecule has 1 aromatic rings. The van der Waals surface area contributed by atoms with E-state index in [-0.39, 0.29) is 10.6 Å². The lowest BCUT2D eigenvalue weighted by Gasteiger charge is -1.96. The Hall–Kier alpha value is -0.700. The Labute approximate surface area is 61.7 Å². The normalized spacial score (nSPS) is 10.4. The zero-order chi connectivity index (χ0) is 7.56. The van der Waals surface area contributed by atoms with Crippen molar-refractivity contribution >= 4 is 11.6 Å². The fourth-order valence-corrected chi connectivity index (χ4v) is 0.678. The molecule has 1 aromatic heterocycles. The summed E-state index contributed by atoms with van der Waals surface area (Å²) in [6, 6.07) is 1.14. The van der Waals surface area contributed by atoms with E-state index in [9.17, 15) is 8.78 Å². The molecule has 0 fully saturated rings. The van der Waals surface area contributed by atoms with Crippen molar-refractivity contribution in [3.63, 3.8) is 0 Å². The molecule has 1 radical (unpaired) electrons. The zero-order valence-corrected chi connectivity index (χ0v) is 5.57. The van der Waals surface area contributed by atoms with E-state index in [1.807, 2.05) is 0 Å². The number of hydrogen-bond donors (Lipinski definition) is 0. The van der Waals surface area contributed by atoms with Gasteiger partial charge in [-0.15, -0.1) is 0 Å². The lowest BCUT2D eigenvalue weighted by Crippen LogP contribution is -1.84. The summed E-state index contributed by atoms with van der Waals surface area (Å²) in [7, 11) is 0. The quantitative estimate of drug-likeness (QED) is 0.618. The van der Waals surface area contributed by atoms with E-state index in [1.165, 1.54) is 0 Å². The Morgan fingerprint density at radius 1 is 1.60 bits per heavy atom. The number of hydrogen-bond acceptors (Lipinski definition) is 1. The molecule has 0 saturated carbocycles. The topological polar surface area (TPSA) is 12.9 Å². The smallest absolute Gasteiger partial charge is 0.252 e. The Morgan fingerprint density at radius 3 is 2.70 bits per heavy atom. The highest BCUT2D eigenvalue weighted by atomic mass is 35.5. The van der Waals surface area contributed by atoms with Gasteiger partial charge in [-0.05, 0) is 6.07 Å². The maximum atomic E-state index is 11.8. The Morgan fingerprint density at radius 2 is 2.30 bits per heavy atom. The number of rotatable bonds is 1. The maximum Gasteiger partial charge on any atom is 0.265 e. The van der Waals surface area contributed by atoms with Crippen LogP contribution in [0.25, 0.3) is 0 Å². The third-order valence-corrected chi connectivity index (χ3v) is 1.12. The third kappa shape index (κ3) is 1.64. The van der Waals surface area contributed by atoms with E-state index in [4.69, 9.17) is 11.6 Å². The lowest BCUT2D eigenvalue weighted by molar-refractivity contribution is 0.151. The first-order valence-corrected chi connectivity index (χ1v) is 2.89. The second-order valence-electron chi connectivity index (χ2n) is 1.66. The molecule has 0 amide bonds. The predicted molar refractivity (Wildman–Crippen MR) is 33.0 cm³/mol. The van der Waals surface area contributed by atoms with Crippen LogP contribution in [-0.4, -0.2) is 4.98 Å². The molecule has 0 aromatic carbocycles. The summed E-state index contributed by atoms with van der Waals surface area (Å²) < 4.78 is 23.7. The van der Waals surface area contributed by atoms with Crippen LogP contribution in [0.1, 0.15) is 12.0 Å². The van der Waals surface area contributed by atoms with Gasteiger partial charge >= 0.3 is 0 Å². The van der Waals surface area contributed by atoms with Crippen molar-refractivity contribution in [2.24, 2.45) is 0 Å². The average molecular weight is 163 g/mol. The standard InChI is InChI=1S/C6H3ClF2N/c7-5-1-4(6(8)9)2-10-3-5/h1-2,6H. The van der Waals surface area contributed by atoms with Crippen LogP contribution < -0.4 is 0 Å². The molecule has 0 saturated heterocycles. The third-order valence-electron chi connectivity index (χ3n) is 0.930. The van der Waals surface area contributed by atoms with Crippen LogP contribution in [0.4, 0.5) is 8.78 Å². The minimum Gasteiger partial charge on any atom is -0.252 e. The fraction of sp³-hybridized carbons (Fsp3) is 0.167. The minimum absolute atomic E-state index is 0.109. The molecule has 1 heterocycles. The molecule has 0 N–H and O–H groups in total. The van der Waals surface area contributed by atoms with Crippen molar-refractivity contribution < 1.29 is 8.78 Å². The molecule has 0 atom stereocenters. The van der Waals surface area contributed by atoms with Crippen LogP contribution in [0.3, 0.4) is 0 Å². The summed E-state index contributed by atoms with van der Waals surface area (Å²) in [4.78, 5) is 3.37. The van der Waals surface area contributed by atoms with E-state index in [2.05, 4.69) is 11.2 Å². The number of pyridine rings is 1. The van der Waals surface area contributed by atoms with Gasteiger partial charge in [0, 0.05) is 11.8 Å². The van der Waals surface area contributed by atoms with Gasteiger partial charge in [-0.2, -0.15) is 0 Å². The predicted octanol–water partition coefficient (Wildman–Crippen LogP) is 2.47. The van der Waals surface area contributed by atoms with Crippen LogP contribution in [0.2, 0.25) is 5.02 Å². The van der Waals surface area contributed by atoms with Gasteiger partial charge in [0.1, 0.15) is 6.20 Å². The van der Waals surface area contributed by atoms with Crippen LogP contribution in [0, 0.1) is 6.20 Å². The summed E-state index contributed by atoms with van der Waals surface area (Å²) in [6.07, 6.45) is 0.833. The van der Waals surface area contributed by atoms with E-state index >= 15 is 0 Å². The fourth-order valence-electron chi connectivity index (χ4n) is 0.504. The molecule has 0 aliphatic rings. The average Bonchev–Trinajstić information content (AvgIpc) is 1.88. The van der Waals surface area contributed by atoms with Crippen LogP contribution >= 0.6 is 11.6 Å². The van der Waals surface area contributed by atoms with Gasteiger partial charge in [0.15, 0.2) is 0 Å². The van der Waals surface area contributed by atoms with Gasteiger partial charge in [0.05, 0.1) is 5.02 Å². The summed E-state index contributed by atoms with van der Waals surface area (Å²) in [5.41, 5.74) is -0.177. The van der Waals surface area contributed by atoms with Crippen molar-refractivity contribution in [1.82, 2.24) is 4.98 Å². The van der Waals surface area contributed by atoms with Crippen molar-refractivity contribution in [3.8, 4) is 0 Å². The molecular formula is C6H3ClF2N. The molecule has 10 heavy (non-hydrogen) atoms. The van der Waals surface area contributed by atoms with Crippen LogP contribution in [0.15, 0.2) is 12.3 Å². The first kappa shape index (κ1) is 7.41. The van der Waals surface area contributed by atoms with Gasteiger partial charge in [0.2, 0.25) is 0 Å². The Balaban J connectivity index is 2.96. The van der Waals surface area contributed by atoms with Crippen molar-refractivity contribution in [2.45, 2.75) is 6.43 Å². The van der Waals surface area contributed by atoms with Gasteiger partial charge in [-0.3, -0.25) is 4.98 Å². The zero-order valence-electron chi connectivity index (χ0n) is 4.81. The highest BCUT2D eigenvalue weighted by Crippen LogP contribution is 2.19. The molecule has 0 aliphatic carbocycles. The molecule has 0 aliphatic heterocycles. The molecule has 1 rings (SSSR count). The minimum atomic E-state index is -2.51. The second kappa shape index (κ2) is 2.92. The number of halogens is 3. The molecule has 4 heteroatoms. The largest absolute Gasteiger partial charge is 0.265 e. The first-order valence-electron chi connectivity index (χ1n) is 2.51. The Kier molecular flexibility index (Phi) is 2.17. The van der Waals surface area contributed by atoms with E-state index in [0.29, 0.717) is 0 Å². The monoisotopic (exact) mass is 162 g/mol. The van der Waals surface area contributed by atoms with Gasteiger partial charge in [0.25, 0.3) is 6.43 Å². The number of aromatic nitrogens is 1. The first-order chi connectivity index (χ1) is 4.70. The van der Waals surface area contributed by atoms with Crippen LogP contribution in [0.5, 0.6) is 0 Å². The lowest BCUT2D eigenvalue weighted by atomic mass is 10.3. The van der Waals surface area contributed by atoms with Crippen molar-refractivity contribution in [3.05, 3.63) is 29.0 Å². The molecule has 0 spiro atoms. The van der Waals surface area contributed by atoms with Crippen molar-refractivity contribution in [2.75, 3.05) is 0 Å². The maximum absolute atomic E-state index is 11.8. The molecule has 0 bridgehead atoms. The van der Waals surface area contributed by atoms with E-state index in [1.54, 1.807) is 0 Å². The highest BCUT2D eigenvalue weighted by molar-refractivity contribution is 6.30. The molecular weight excluding hydrogens is 160 g/mol. The summed E-state index contributed by atoms with van der Waals surface area (Å²) in [5, 5.41) is 0.109. The molecule has 1 nitrogen and oxygen atoms in total. The summed E-state index contributed by atoms with van der Waals surface area (Å²) in [6.45, 7) is 0. The highest BCUT2D eigenvalue weighted by Gasteiger charge is 2.06. The van der Waals surface area contributed by atoms with E-state index in [0.717, 1.165) is 12.3 Å². The summed E-state index contributed by atoms with van der Waals surface area (Å²) in [5.74, 6) is 0. The Bertz CT molecular complexity index is 227. The molecule has 53 valence electrons.